The van der Waals surface area contributed by atoms with Gasteiger partial charge in [0.25, 0.3) is 0 Å². The van der Waals surface area contributed by atoms with E-state index in [2.05, 4.69) is 10.3 Å². The summed E-state index contributed by atoms with van der Waals surface area (Å²) in [5.41, 5.74) is 1.08. The van der Waals surface area contributed by atoms with Crippen LogP contribution in [0.4, 0.5) is 4.79 Å². The van der Waals surface area contributed by atoms with Crippen molar-refractivity contribution in [3.05, 3.63) is 30.1 Å². The van der Waals surface area contributed by atoms with E-state index in [-0.39, 0.29) is 12.1 Å². The third-order valence-electron chi connectivity index (χ3n) is 2.42. The van der Waals surface area contributed by atoms with Crippen LogP contribution in [0.3, 0.4) is 0 Å². The normalized spacial score (nSPS) is 11.9. The number of carbonyl (C=O) groups excluding carboxylic acids is 1. The van der Waals surface area contributed by atoms with E-state index in [4.69, 9.17) is 0 Å². The van der Waals surface area contributed by atoms with Gasteiger partial charge in [-0.15, -0.1) is 0 Å². The van der Waals surface area contributed by atoms with Gasteiger partial charge in [0, 0.05) is 26.0 Å². The number of nitrogens with zero attached hydrogens (tertiary/aromatic N) is 2. The van der Waals surface area contributed by atoms with E-state index in [0.29, 0.717) is 6.54 Å². The fourth-order valence-electron chi connectivity index (χ4n) is 1.32. The van der Waals surface area contributed by atoms with Crippen molar-refractivity contribution >= 4 is 6.03 Å². The summed E-state index contributed by atoms with van der Waals surface area (Å²) in [6.07, 6.45) is 3.47. The Morgan fingerprint density at radius 1 is 1.53 bits per heavy atom. The predicted octanol–water partition coefficient (Wildman–Crippen LogP) is 1.80. The fraction of sp³-hybridized carbons (Fsp3) is 0.455. The van der Waals surface area contributed by atoms with Crippen LogP contribution in [0.15, 0.2) is 24.5 Å². The van der Waals surface area contributed by atoms with E-state index in [9.17, 15) is 4.79 Å². The Kier molecular flexibility index (Phi) is 4.09. The summed E-state index contributed by atoms with van der Waals surface area (Å²) in [6, 6.07) is 3.84. The second kappa shape index (κ2) is 5.34. The first kappa shape index (κ1) is 11.5. The lowest BCUT2D eigenvalue weighted by molar-refractivity contribution is 0.195. The summed E-state index contributed by atoms with van der Waals surface area (Å²) >= 11 is 0. The zero-order valence-corrected chi connectivity index (χ0v) is 9.40. The highest BCUT2D eigenvalue weighted by Crippen LogP contribution is 2.17. The second-order valence-corrected chi connectivity index (χ2v) is 3.40. The van der Waals surface area contributed by atoms with Crippen molar-refractivity contribution in [2.24, 2.45) is 0 Å². The van der Waals surface area contributed by atoms with Crippen molar-refractivity contribution in [1.29, 1.82) is 0 Å². The largest absolute Gasteiger partial charge is 0.338 e. The van der Waals surface area contributed by atoms with E-state index in [1.165, 1.54) is 0 Å². The minimum atomic E-state index is -0.0539. The molecule has 1 rings (SSSR count). The van der Waals surface area contributed by atoms with Crippen LogP contribution in [-0.2, 0) is 0 Å². The van der Waals surface area contributed by atoms with Gasteiger partial charge in [0.2, 0.25) is 0 Å². The molecule has 1 atom stereocenters. The lowest BCUT2D eigenvalue weighted by atomic mass is 10.1. The molecule has 4 nitrogen and oxygen atoms in total. The molecule has 1 aromatic heterocycles. The number of rotatable bonds is 3. The van der Waals surface area contributed by atoms with Crippen molar-refractivity contribution in [3.8, 4) is 0 Å². The van der Waals surface area contributed by atoms with Crippen molar-refractivity contribution in [1.82, 2.24) is 15.2 Å². The van der Waals surface area contributed by atoms with Gasteiger partial charge in [-0.2, -0.15) is 0 Å². The molecule has 2 amide bonds. The van der Waals surface area contributed by atoms with Gasteiger partial charge in [-0.05, 0) is 31.5 Å². The second-order valence-electron chi connectivity index (χ2n) is 3.40. The summed E-state index contributed by atoms with van der Waals surface area (Å²) in [6.45, 7) is 4.54. The Labute approximate surface area is 90.3 Å². The van der Waals surface area contributed by atoms with Gasteiger partial charge in [-0.3, -0.25) is 4.98 Å². The zero-order chi connectivity index (χ0) is 11.3. The number of carbonyl (C=O) groups is 1. The predicted molar refractivity (Wildman–Crippen MR) is 59.5 cm³/mol. The van der Waals surface area contributed by atoms with Crippen LogP contribution in [0.25, 0.3) is 0 Å². The molecule has 0 fully saturated rings. The molecule has 0 spiro atoms. The Hall–Kier alpha value is -1.58. The number of pyridine rings is 1. The molecule has 0 saturated carbocycles. The smallest absolute Gasteiger partial charge is 0.317 e. The van der Waals surface area contributed by atoms with Crippen LogP contribution in [0.1, 0.15) is 25.5 Å². The first-order valence-corrected chi connectivity index (χ1v) is 5.07. The average Bonchev–Trinajstić information content (AvgIpc) is 2.28. The molecule has 0 radical (unpaired) electrons. The van der Waals surface area contributed by atoms with E-state index < -0.39 is 0 Å². The van der Waals surface area contributed by atoms with Crippen LogP contribution in [0.5, 0.6) is 0 Å². The number of urea groups is 1. The average molecular weight is 207 g/mol. The highest BCUT2D eigenvalue weighted by molar-refractivity contribution is 5.74. The van der Waals surface area contributed by atoms with Gasteiger partial charge in [-0.1, -0.05) is 0 Å². The highest BCUT2D eigenvalue weighted by Gasteiger charge is 2.15. The van der Waals surface area contributed by atoms with Gasteiger partial charge in [-0.25, -0.2) is 4.79 Å². The van der Waals surface area contributed by atoms with E-state index >= 15 is 0 Å². The summed E-state index contributed by atoms with van der Waals surface area (Å²) in [5.74, 6) is 0. The maximum atomic E-state index is 11.6. The summed E-state index contributed by atoms with van der Waals surface area (Å²) in [5, 5.41) is 2.77. The number of nitrogens with one attached hydrogen (secondary N) is 1. The molecule has 1 N–H and O–H groups in total. The summed E-state index contributed by atoms with van der Waals surface area (Å²) in [7, 11) is 1.79. The number of amides is 2. The first-order valence-electron chi connectivity index (χ1n) is 5.07. The number of aromatic nitrogens is 1. The molecule has 0 aliphatic heterocycles. The van der Waals surface area contributed by atoms with E-state index in [1.54, 1.807) is 24.3 Å². The molecule has 15 heavy (non-hydrogen) atoms. The maximum absolute atomic E-state index is 11.6. The Morgan fingerprint density at radius 2 is 2.13 bits per heavy atom. The molecular weight excluding hydrogens is 190 g/mol. The molecule has 1 heterocycles. The van der Waals surface area contributed by atoms with Crippen LogP contribution in [0, 0.1) is 0 Å². The van der Waals surface area contributed by atoms with Gasteiger partial charge >= 0.3 is 6.03 Å². The zero-order valence-electron chi connectivity index (χ0n) is 9.40. The monoisotopic (exact) mass is 207 g/mol. The lowest BCUT2D eigenvalue weighted by Gasteiger charge is -2.25. The molecule has 0 aromatic carbocycles. The minimum Gasteiger partial charge on any atom is -0.338 e. The van der Waals surface area contributed by atoms with E-state index in [0.717, 1.165) is 5.56 Å². The summed E-state index contributed by atoms with van der Waals surface area (Å²) < 4.78 is 0. The number of hydrogen-bond acceptors (Lipinski definition) is 2. The molecule has 0 saturated heterocycles. The van der Waals surface area contributed by atoms with Gasteiger partial charge in [0.15, 0.2) is 0 Å². The molecule has 1 unspecified atom stereocenters. The SMILES string of the molecule is CCNC(=O)N(C)C(C)c1ccncc1. The Morgan fingerprint density at radius 3 is 2.67 bits per heavy atom. The van der Waals surface area contributed by atoms with Crippen molar-refractivity contribution in [2.45, 2.75) is 19.9 Å². The van der Waals surface area contributed by atoms with Gasteiger partial charge in [0.05, 0.1) is 6.04 Å². The van der Waals surface area contributed by atoms with E-state index in [1.807, 2.05) is 26.0 Å². The van der Waals surface area contributed by atoms with Gasteiger partial charge < -0.3 is 10.2 Å². The van der Waals surface area contributed by atoms with Crippen LogP contribution < -0.4 is 5.32 Å². The molecular formula is C11H17N3O. The third-order valence-corrected chi connectivity index (χ3v) is 2.42. The van der Waals surface area contributed by atoms with Gasteiger partial charge in [0.1, 0.15) is 0 Å². The minimum absolute atomic E-state index is 0.0539. The molecule has 0 bridgehead atoms. The molecule has 82 valence electrons. The maximum Gasteiger partial charge on any atom is 0.317 e. The van der Waals surface area contributed by atoms with Crippen molar-refractivity contribution < 1.29 is 4.79 Å². The van der Waals surface area contributed by atoms with Crippen LogP contribution in [0.2, 0.25) is 0 Å². The standard InChI is InChI=1S/C11H17N3O/c1-4-13-11(15)14(3)9(2)10-5-7-12-8-6-10/h5-9H,4H2,1-3H3,(H,13,15). The Balaban J connectivity index is 2.68. The topological polar surface area (TPSA) is 45.2 Å². The number of hydrogen-bond donors (Lipinski definition) is 1. The molecule has 1 aromatic rings. The first-order chi connectivity index (χ1) is 7.16. The highest BCUT2D eigenvalue weighted by atomic mass is 16.2. The summed E-state index contributed by atoms with van der Waals surface area (Å²) in [4.78, 5) is 17.2. The van der Waals surface area contributed by atoms with Crippen molar-refractivity contribution in [2.75, 3.05) is 13.6 Å². The lowest BCUT2D eigenvalue weighted by Crippen LogP contribution is -2.38. The van der Waals surface area contributed by atoms with Crippen LogP contribution in [-0.4, -0.2) is 29.5 Å². The third kappa shape index (κ3) is 2.94. The van der Waals surface area contributed by atoms with Crippen molar-refractivity contribution in [3.63, 3.8) is 0 Å². The molecule has 4 heteroatoms. The molecule has 0 aliphatic rings. The van der Waals surface area contributed by atoms with Crippen LogP contribution >= 0.6 is 0 Å². The fourth-order valence-corrected chi connectivity index (χ4v) is 1.32. The quantitative estimate of drug-likeness (QED) is 0.821. The Bertz CT molecular complexity index is 313. The molecule has 0 aliphatic carbocycles.